The molecule has 0 unspecified atom stereocenters. The highest BCUT2D eigenvalue weighted by molar-refractivity contribution is 5.80. The maximum Gasteiger partial charge on any atom is 0.247 e. The monoisotopic (exact) mass is 328 g/mol. The lowest BCUT2D eigenvalue weighted by atomic mass is 9.93. The van der Waals surface area contributed by atoms with E-state index in [9.17, 15) is 4.79 Å². The topological polar surface area (TPSA) is 89.9 Å². The number of nitrogen functional groups attached to an aromatic ring is 1. The highest BCUT2D eigenvalue weighted by atomic mass is 16.2. The van der Waals surface area contributed by atoms with Crippen LogP contribution in [0, 0.1) is 13.8 Å². The zero-order valence-corrected chi connectivity index (χ0v) is 14.4. The van der Waals surface area contributed by atoms with E-state index in [2.05, 4.69) is 15.1 Å². The number of nitrogens with zero attached hydrogens (tertiary/aromatic N) is 5. The van der Waals surface area contributed by atoms with Crippen LogP contribution in [-0.2, 0) is 4.79 Å². The predicted molar refractivity (Wildman–Crippen MR) is 91.4 cm³/mol. The summed E-state index contributed by atoms with van der Waals surface area (Å²) in [6.45, 7) is 7.31. The largest absolute Gasteiger partial charge is 0.368 e. The average Bonchev–Trinajstić information content (AvgIpc) is 2.92. The second kappa shape index (κ2) is 6.59. The van der Waals surface area contributed by atoms with Crippen LogP contribution < -0.4 is 5.73 Å². The maximum absolute atomic E-state index is 12.8. The predicted octanol–water partition coefficient (Wildman–Crippen LogP) is 1.84. The van der Waals surface area contributed by atoms with Crippen molar-refractivity contribution in [2.45, 2.75) is 45.6 Å². The molecule has 3 heterocycles. The second-order valence-corrected chi connectivity index (χ2v) is 6.49. The first-order chi connectivity index (χ1) is 11.5. The minimum atomic E-state index is -0.273. The fourth-order valence-electron chi connectivity index (χ4n) is 3.42. The van der Waals surface area contributed by atoms with Gasteiger partial charge in [-0.05, 0) is 45.7 Å². The molecule has 1 atom stereocenters. The number of rotatable bonds is 3. The molecular weight excluding hydrogens is 304 g/mol. The second-order valence-electron chi connectivity index (χ2n) is 6.49. The van der Waals surface area contributed by atoms with Gasteiger partial charge in [-0.15, -0.1) is 0 Å². The van der Waals surface area contributed by atoms with Crippen molar-refractivity contribution in [3.8, 4) is 0 Å². The van der Waals surface area contributed by atoms with Gasteiger partial charge in [-0.2, -0.15) is 5.10 Å². The highest BCUT2D eigenvalue weighted by Crippen LogP contribution is 2.28. The van der Waals surface area contributed by atoms with Crippen molar-refractivity contribution in [2.24, 2.45) is 0 Å². The summed E-state index contributed by atoms with van der Waals surface area (Å²) in [4.78, 5) is 23.0. The number of amides is 1. The first-order valence-electron chi connectivity index (χ1n) is 8.35. The van der Waals surface area contributed by atoms with Gasteiger partial charge in [0.2, 0.25) is 11.9 Å². The van der Waals surface area contributed by atoms with Crippen LogP contribution in [0.2, 0.25) is 0 Å². The SMILES string of the molecule is Cc1cc(C)n([C@H](C)C(=O)N2CCC(c3ccnc(N)n3)CC2)n1. The summed E-state index contributed by atoms with van der Waals surface area (Å²) in [6, 6.07) is 3.64. The normalized spacial score (nSPS) is 17.0. The number of aromatic nitrogens is 4. The molecule has 0 bridgehead atoms. The first kappa shape index (κ1) is 16.4. The van der Waals surface area contributed by atoms with Crippen molar-refractivity contribution in [3.05, 3.63) is 35.4 Å². The summed E-state index contributed by atoms with van der Waals surface area (Å²) < 4.78 is 1.81. The molecule has 0 radical (unpaired) electrons. The number of hydrogen-bond donors (Lipinski definition) is 1. The van der Waals surface area contributed by atoms with Crippen molar-refractivity contribution in [3.63, 3.8) is 0 Å². The lowest BCUT2D eigenvalue weighted by Gasteiger charge is -2.33. The van der Waals surface area contributed by atoms with Gasteiger partial charge in [-0.1, -0.05) is 0 Å². The van der Waals surface area contributed by atoms with Crippen molar-refractivity contribution in [1.82, 2.24) is 24.6 Å². The molecule has 1 fully saturated rings. The summed E-state index contributed by atoms with van der Waals surface area (Å²) in [7, 11) is 0. The molecule has 7 heteroatoms. The van der Waals surface area contributed by atoms with E-state index in [0.29, 0.717) is 11.9 Å². The molecule has 0 saturated carbocycles. The summed E-state index contributed by atoms with van der Waals surface area (Å²) in [5.41, 5.74) is 8.59. The van der Waals surface area contributed by atoms with E-state index in [1.807, 2.05) is 42.5 Å². The lowest BCUT2D eigenvalue weighted by Crippen LogP contribution is -2.41. The van der Waals surface area contributed by atoms with Gasteiger partial charge in [0.05, 0.1) is 5.69 Å². The molecule has 3 rings (SSSR count). The molecule has 24 heavy (non-hydrogen) atoms. The van der Waals surface area contributed by atoms with Crippen LogP contribution in [0.1, 0.15) is 48.8 Å². The number of aryl methyl sites for hydroxylation is 2. The van der Waals surface area contributed by atoms with E-state index in [1.54, 1.807) is 6.20 Å². The molecule has 0 aromatic carbocycles. The minimum Gasteiger partial charge on any atom is -0.368 e. The van der Waals surface area contributed by atoms with Gasteiger partial charge < -0.3 is 10.6 Å². The Bertz CT molecular complexity index is 732. The van der Waals surface area contributed by atoms with E-state index < -0.39 is 0 Å². The van der Waals surface area contributed by atoms with Crippen molar-refractivity contribution >= 4 is 11.9 Å². The van der Waals surface area contributed by atoms with Crippen LogP contribution in [0.3, 0.4) is 0 Å². The Morgan fingerprint density at radius 2 is 2.04 bits per heavy atom. The first-order valence-corrected chi connectivity index (χ1v) is 8.35. The van der Waals surface area contributed by atoms with E-state index in [4.69, 9.17) is 5.73 Å². The molecule has 2 N–H and O–H groups in total. The summed E-state index contributed by atoms with van der Waals surface area (Å²) in [5, 5.41) is 4.44. The fraction of sp³-hybridized carbons (Fsp3) is 0.529. The number of anilines is 1. The van der Waals surface area contributed by atoms with E-state index in [-0.39, 0.29) is 11.9 Å². The van der Waals surface area contributed by atoms with Gasteiger partial charge in [-0.25, -0.2) is 9.97 Å². The zero-order valence-electron chi connectivity index (χ0n) is 14.4. The van der Waals surface area contributed by atoms with Crippen molar-refractivity contribution in [2.75, 3.05) is 18.8 Å². The standard InChI is InChI=1S/C17H24N6O/c1-11-10-12(2)23(21-11)13(3)16(24)22-8-5-14(6-9-22)15-4-7-19-17(18)20-15/h4,7,10,13-14H,5-6,8-9H2,1-3H3,(H2,18,19,20)/t13-/m1/s1. The molecule has 128 valence electrons. The van der Waals surface area contributed by atoms with Gasteiger partial charge in [0.1, 0.15) is 6.04 Å². The third kappa shape index (κ3) is 3.25. The number of nitrogens with two attached hydrogens (primary N) is 1. The van der Waals surface area contributed by atoms with E-state index in [1.165, 1.54) is 0 Å². The number of carbonyl (C=O) groups excluding carboxylic acids is 1. The molecule has 2 aromatic heterocycles. The highest BCUT2D eigenvalue weighted by Gasteiger charge is 2.29. The number of carbonyl (C=O) groups is 1. The Kier molecular flexibility index (Phi) is 4.51. The summed E-state index contributed by atoms with van der Waals surface area (Å²) in [5.74, 6) is 0.773. The third-order valence-electron chi connectivity index (χ3n) is 4.69. The number of likely N-dealkylation sites (tertiary alicyclic amines) is 1. The molecule has 1 aliphatic heterocycles. The molecule has 0 spiro atoms. The van der Waals surface area contributed by atoms with Crippen LogP contribution >= 0.6 is 0 Å². The van der Waals surface area contributed by atoms with E-state index in [0.717, 1.165) is 43.0 Å². The molecule has 7 nitrogen and oxygen atoms in total. The maximum atomic E-state index is 12.8. The molecular formula is C17H24N6O. The average molecular weight is 328 g/mol. The zero-order chi connectivity index (χ0) is 17.3. The Labute approximate surface area is 141 Å². The lowest BCUT2D eigenvalue weighted by molar-refractivity contribution is -0.135. The Morgan fingerprint density at radius 1 is 1.33 bits per heavy atom. The number of piperidine rings is 1. The summed E-state index contributed by atoms with van der Waals surface area (Å²) in [6.07, 6.45) is 3.48. The molecule has 2 aromatic rings. The fourth-order valence-corrected chi connectivity index (χ4v) is 3.42. The Balaban J connectivity index is 1.64. The molecule has 1 saturated heterocycles. The minimum absolute atomic E-state index is 0.127. The Hall–Kier alpha value is -2.44. The summed E-state index contributed by atoms with van der Waals surface area (Å²) >= 11 is 0. The van der Waals surface area contributed by atoms with E-state index >= 15 is 0 Å². The van der Waals surface area contributed by atoms with Gasteiger partial charge >= 0.3 is 0 Å². The smallest absolute Gasteiger partial charge is 0.247 e. The van der Waals surface area contributed by atoms with Crippen molar-refractivity contribution < 1.29 is 4.79 Å². The molecule has 1 aliphatic rings. The van der Waals surface area contributed by atoms with Crippen LogP contribution in [0.25, 0.3) is 0 Å². The van der Waals surface area contributed by atoms with Gasteiger partial charge in [0.25, 0.3) is 0 Å². The van der Waals surface area contributed by atoms with Crippen molar-refractivity contribution in [1.29, 1.82) is 0 Å². The van der Waals surface area contributed by atoms with Gasteiger partial charge in [0.15, 0.2) is 0 Å². The van der Waals surface area contributed by atoms with Gasteiger partial charge in [-0.3, -0.25) is 9.48 Å². The number of hydrogen-bond acceptors (Lipinski definition) is 5. The van der Waals surface area contributed by atoms with Crippen LogP contribution in [-0.4, -0.2) is 43.6 Å². The molecule has 1 amide bonds. The van der Waals surface area contributed by atoms with Crippen LogP contribution in [0.4, 0.5) is 5.95 Å². The third-order valence-corrected chi connectivity index (χ3v) is 4.69. The van der Waals surface area contributed by atoms with Crippen LogP contribution in [0.5, 0.6) is 0 Å². The Morgan fingerprint density at radius 3 is 2.62 bits per heavy atom. The quantitative estimate of drug-likeness (QED) is 0.928. The molecule has 0 aliphatic carbocycles. The van der Waals surface area contributed by atoms with Gasteiger partial charge in [0, 0.05) is 36.6 Å². The van der Waals surface area contributed by atoms with Crippen LogP contribution in [0.15, 0.2) is 18.3 Å².